The van der Waals surface area contributed by atoms with Crippen LogP contribution < -0.4 is 15.0 Å². The minimum Gasteiger partial charge on any atom is -0.496 e. The van der Waals surface area contributed by atoms with E-state index < -0.39 is 5.82 Å². The highest BCUT2D eigenvalue weighted by Gasteiger charge is 2.11. The molecule has 0 radical (unpaired) electrons. The number of rotatable bonds is 4. The number of hydroxylamine groups is 1. The van der Waals surface area contributed by atoms with Gasteiger partial charge in [0.15, 0.2) is 0 Å². The van der Waals surface area contributed by atoms with Gasteiger partial charge in [-0.25, -0.2) is 9.87 Å². The van der Waals surface area contributed by atoms with Crippen molar-refractivity contribution in [2.75, 3.05) is 14.2 Å². The van der Waals surface area contributed by atoms with Gasteiger partial charge in [0.05, 0.1) is 26.3 Å². The lowest BCUT2D eigenvalue weighted by Crippen LogP contribution is -2.09. The predicted molar refractivity (Wildman–Crippen MR) is 48.1 cm³/mol. The first kappa shape index (κ1) is 10.7. The summed E-state index contributed by atoms with van der Waals surface area (Å²) in [4.78, 5) is 0. The van der Waals surface area contributed by atoms with Gasteiger partial charge in [0.2, 0.25) is 0 Å². The Morgan fingerprint density at radius 1 is 1.29 bits per heavy atom. The van der Waals surface area contributed by atoms with Crippen molar-refractivity contribution in [3.63, 3.8) is 0 Å². The van der Waals surface area contributed by atoms with Gasteiger partial charge >= 0.3 is 0 Å². The highest BCUT2D eigenvalue weighted by molar-refractivity contribution is 5.45. The second-order valence-corrected chi connectivity index (χ2v) is 2.62. The van der Waals surface area contributed by atoms with Crippen molar-refractivity contribution >= 4 is 0 Å². The molecule has 5 heteroatoms. The Balaban J connectivity index is 3.18. The van der Waals surface area contributed by atoms with Gasteiger partial charge in [-0.05, 0) is 0 Å². The van der Waals surface area contributed by atoms with E-state index in [-0.39, 0.29) is 6.54 Å². The SMILES string of the molecule is COc1cc(F)cc(OC)c1CNO. The normalized spacial score (nSPS) is 10.0. The minimum absolute atomic E-state index is 0.132. The summed E-state index contributed by atoms with van der Waals surface area (Å²) in [5.74, 6) is 0.229. The van der Waals surface area contributed by atoms with E-state index in [9.17, 15) is 4.39 Å². The van der Waals surface area contributed by atoms with Gasteiger partial charge in [-0.2, -0.15) is 0 Å². The molecule has 14 heavy (non-hydrogen) atoms. The van der Waals surface area contributed by atoms with Crippen molar-refractivity contribution < 1.29 is 19.1 Å². The number of ether oxygens (including phenoxy) is 2. The van der Waals surface area contributed by atoms with E-state index in [1.807, 2.05) is 5.48 Å². The summed E-state index contributed by atoms with van der Waals surface area (Å²) in [6, 6.07) is 2.46. The van der Waals surface area contributed by atoms with E-state index >= 15 is 0 Å². The lowest BCUT2D eigenvalue weighted by Gasteiger charge is -2.12. The zero-order chi connectivity index (χ0) is 10.6. The van der Waals surface area contributed by atoms with Crippen LogP contribution in [0.5, 0.6) is 11.5 Å². The maximum absolute atomic E-state index is 13.0. The average Bonchev–Trinajstić information content (AvgIpc) is 2.20. The van der Waals surface area contributed by atoms with Gasteiger partial charge in [-0.3, -0.25) is 0 Å². The van der Waals surface area contributed by atoms with Crippen LogP contribution in [0.25, 0.3) is 0 Å². The summed E-state index contributed by atoms with van der Waals surface area (Å²) in [6.07, 6.45) is 0. The Morgan fingerprint density at radius 2 is 1.79 bits per heavy atom. The summed E-state index contributed by atoms with van der Waals surface area (Å²) < 4.78 is 22.9. The molecule has 0 aromatic heterocycles. The highest BCUT2D eigenvalue weighted by atomic mass is 19.1. The second-order valence-electron chi connectivity index (χ2n) is 2.62. The Morgan fingerprint density at radius 3 is 2.14 bits per heavy atom. The van der Waals surface area contributed by atoms with Gasteiger partial charge in [0.25, 0.3) is 0 Å². The number of nitrogens with one attached hydrogen (secondary N) is 1. The van der Waals surface area contributed by atoms with Crippen molar-refractivity contribution in [3.05, 3.63) is 23.5 Å². The van der Waals surface area contributed by atoms with Crippen LogP contribution in [0.3, 0.4) is 0 Å². The predicted octanol–water partition coefficient (Wildman–Crippen LogP) is 1.32. The summed E-state index contributed by atoms with van der Waals surface area (Å²) in [7, 11) is 2.85. The number of hydrogen-bond donors (Lipinski definition) is 2. The Kier molecular flexibility index (Phi) is 3.67. The van der Waals surface area contributed by atoms with E-state index in [1.165, 1.54) is 26.4 Å². The third-order valence-electron chi connectivity index (χ3n) is 1.83. The number of methoxy groups -OCH3 is 2. The lowest BCUT2D eigenvalue weighted by molar-refractivity contribution is 0.158. The third kappa shape index (κ3) is 2.12. The van der Waals surface area contributed by atoms with Crippen molar-refractivity contribution in [1.82, 2.24) is 5.48 Å². The molecule has 0 bridgehead atoms. The van der Waals surface area contributed by atoms with E-state index in [0.717, 1.165) is 0 Å². The van der Waals surface area contributed by atoms with Crippen LogP contribution >= 0.6 is 0 Å². The van der Waals surface area contributed by atoms with Crippen LogP contribution in [0.1, 0.15) is 5.56 Å². The Hall–Kier alpha value is -1.33. The van der Waals surface area contributed by atoms with E-state index in [1.54, 1.807) is 0 Å². The second kappa shape index (κ2) is 4.78. The molecule has 0 unspecified atom stereocenters. The molecule has 0 atom stereocenters. The van der Waals surface area contributed by atoms with Crippen molar-refractivity contribution in [1.29, 1.82) is 0 Å². The molecular weight excluding hydrogens is 189 g/mol. The van der Waals surface area contributed by atoms with Crippen LogP contribution in [-0.4, -0.2) is 19.4 Å². The van der Waals surface area contributed by atoms with E-state index in [0.29, 0.717) is 17.1 Å². The van der Waals surface area contributed by atoms with Gasteiger partial charge in [0, 0.05) is 12.1 Å². The molecule has 4 nitrogen and oxygen atoms in total. The van der Waals surface area contributed by atoms with E-state index in [2.05, 4.69) is 0 Å². The zero-order valence-electron chi connectivity index (χ0n) is 8.00. The molecule has 1 aromatic rings. The number of benzene rings is 1. The summed E-state index contributed by atoms with van der Waals surface area (Å²) in [6.45, 7) is 0.132. The molecule has 78 valence electrons. The highest BCUT2D eigenvalue weighted by Crippen LogP contribution is 2.29. The number of hydrogen-bond acceptors (Lipinski definition) is 4. The molecule has 0 aliphatic rings. The third-order valence-corrected chi connectivity index (χ3v) is 1.83. The lowest BCUT2D eigenvalue weighted by atomic mass is 10.1. The monoisotopic (exact) mass is 201 g/mol. The maximum atomic E-state index is 13.0. The van der Waals surface area contributed by atoms with Crippen LogP contribution in [0.2, 0.25) is 0 Å². The van der Waals surface area contributed by atoms with Crippen LogP contribution in [-0.2, 0) is 6.54 Å². The van der Waals surface area contributed by atoms with Crippen molar-refractivity contribution in [3.8, 4) is 11.5 Å². The molecule has 0 aliphatic heterocycles. The fourth-order valence-corrected chi connectivity index (χ4v) is 1.21. The quantitative estimate of drug-likeness (QED) is 0.721. The summed E-state index contributed by atoms with van der Waals surface area (Å²) in [5.41, 5.74) is 2.54. The van der Waals surface area contributed by atoms with Gasteiger partial charge < -0.3 is 14.7 Å². The molecule has 1 aromatic carbocycles. The van der Waals surface area contributed by atoms with E-state index in [4.69, 9.17) is 14.7 Å². The smallest absolute Gasteiger partial charge is 0.130 e. The fourth-order valence-electron chi connectivity index (χ4n) is 1.21. The molecule has 0 saturated carbocycles. The zero-order valence-corrected chi connectivity index (χ0v) is 8.00. The molecule has 2 N–H and O–H groups in total. The van der Waals surface area contributed by atoms with Crippen LogP contribution in [0.15, 0.2) is 12.1 Å². The maximum Gasteiger partial charge on any atom is 0.130 e. The molecule has 0 fully saturated rings. The van der Waals surface area contributed by atoms with Gasteiger partial charge in [-0.15, -0.1) is 0 Å². The van der Waals surface area contributed by atoms with Crippen molar-refractivity contribution in [2.45, 2.75) is 6.54 Å². The Bertz CT molecular complexity index is 292. The Labute approximate surface area is 81.2 Å². The average molecular weight is 201 g/mol. The minimum atomic E-state index is -0.444. The number of halogens is 1. The topological polar surface area (TPSA) is 50.7 Å². The van der Waals surface area contributed by atoms with Crippen LogP contribution in [0, 0.1) is 5.82 Å². The van der Waals surface area contributed by atoms with Gasteiger partial charge in [-0.1, -0.05) is 0 Å². The molecule has 0 saturated heterocycles. The fraction of sp³-hybridized carbons (Fsp3) is 0.333. The first-order valence-electron chi connectivity index (χ1n) is 4.00. The molecule has 1 rings (SSSR count). The standard InChI is InChI=1S/C9H12FNO3/c1-13-8-3-6(10)4-9(14-2)7(8)5-11-12/h3-4,11-12H,5H2,1-2H3. The van der Waals surface area contributed by atoms with Crippen LogP contribution in [0.4, 0.5) is 4.39 Å². The first-order valence-corrected chi connectivity index (χ1v) is 4.00. The first-order chi connectivity index (χ1) is 6.72. The molecular formula is C9H12FNO3. The molecule has 0 spiro atoms. The molecule has 0 heterocycles. The molecule has 0 aliphatic carbocycles. The largest absolute Gasteiger partial charge is 0.496 e. The van der Waals surface area contributed by atoms with Crippen molar-refractivity contribution in [2.24, 2.45) is 0 Å². The molecule has 0 amide bonds. The van der Waals surface area contributed by atoms with Gasteiger partial charge in [0.1, 0.15) is 17.3 Å². The summed E-state index contributed by atoms with van der Waals surface area (Å²) >= 11 is 0. The summed E-state index contributed by atoms with van der Waals surface area (Å²) in [5, 5.41) is 8.57.